The molecule has 2 aliphatic rings. The zero-order chi connectivity index (χ0) is 13.2. The summed E-state index contributed by atoms with van der Waals surface area (Å²) in [5.74, 6) is 4.06. The first-order valence-electron chi connectivity index (χ1n) is 7.89. The molecule has 1 unspecified atom stereocenters. The molecule has 19 heavy (non-hydrogen) atoms. The largest absolute Gasteiger partial charge is 0.315 e. The molecule has 0 bridgehead atoms. The first kappa shape index (κ1) is 13.1. The summed E-state index contributed by atoms with van der Waals surface area (Å²) >= 11 is 0. The number of likely N-dealkylation sites (tertiary alicyclic amines) is 1. The molecule has 1 fully saturated rings. The molecule has 1 saturated heterocycles. The summed E-state index contributed by atoms with van der Waals surface area (Å²) in [6, 6.07) is 0. The van der Waals surface area contributed by atoms with E-state index in [2.05, 4.69) is 33.5 Å². The molecule has 0 aliphatic carbocycles. The number of hydrogen-bond donors (Lipinski definition) is 0. The maximum absolute atomic E-state index is 4.46. The zero-order valence-electron chi connectivity index (χ0n) is 12.3. The standard InChI is InChI=1S/C15H26N4/c1-3-18-7-5-13(6-8-18)11-15-17-16-14-10-12(2)4-9-19(14)15/h12-13H,3-11H2,1-2H3. The van der Waals surface area contributed by atoms with E-state index in [9.17, 15) is 0 Å². The van der Waals surface area contributed by atoms with E-state index in [-0.39, 0.29) is 0 Å². The van der Waals surface area contributed by atoms with E-state index in [0.717, 1.165) is 31.2 Å². The summed E-state index contributed by atoms with van der Waals surface area (Å²) < 4.78 is 2.40. The first-order valence-corrected chi connectivity index (χ1v) is 7.89. The number of rotatable bonds is 3. The highest BCUT2D eigenvalue weighted by Crippen LogP contribution is 2.24. The Balaban J connectivity index is 1.62. The van der Waals surface area contributed by atoms with Gasteiger partial charge in [0.25, 0.3) is 0 Å². The number of hydrogen-bond acceptors (Lipinski definition) is 3. The van der Waals surface area contributed by atoms with Crippen LogP contribution in [-0.2, 0) is 19.4 Å². The summed E-state index contributed by atoms with van der Waals surface area (Å²) in [5, 5.41) is 8.87. The van der Waals surface area contributed by atoms with Gasteiger partial charge in [-0.2, -0.15) is 0 Å². The van der Waals surface area contributed by atoms with Gasteiger partial charge in [-0.3, -0.25) is 0 Å². The van der Waals surface area contributed by atoms with Gasteiger partial charge in [0.05, 0.1) is 0 Å². The van der Waals surface area contributed by atoms with Gasteiger partial charge in [-0.15, -0.1) is 10.2 Å². The Hall–Kier alpha value is -0.900. The Labute approximate surface area is 116 Å². The van der Waals surface area contributed by atoms with E-state index in [1.165, 1.54) is 50.5 Å². The second-order valence-corrected chi connectivity index (χ2v) is 6.36. The van der Waals surface area contributed by atoms with Gasteiger partial charge in [0.2, 0.25) is 0 Å². The molecule has 0 N–H and O–H groups in total. The minimum Gasteiger partial charge on any atom is -0.315 e. The molecule has 0 amide bonds. The number of piperidine rings is 1. The topological polar surface area (TPSA) is 34.0 Å². The second-order valence-electron chi connectivity index (χ2n) is 6.36. The first-order chi connectivity index (χ1) is 9.26. The average Bonchev–Trinajstić information content (AvgIpc) is 2.82. The Bertz CT molecular complexity index is 418. The molecule has 3 heterocycles. The minimum absolute atomic E-state index is 0.775. The molecule has 106 valence electrons. The van der Waals surface area contributed by atoms with Crippen molar-refractivity contribution >= 4 is 0 Å². The fourth-order valence-corrected chi connectivity index (χ4v) is 3.46. The molecular weight excluding hydrogens is 236 g/mol. The van der Waals surface area contributed by atoms with Gasteiger partial charge in [0, 0.05) is 19.4 Å². The van der Waals surface area contributed by atoms with E-state index < -0.39 is 0 Å². The number of aromatic nitrogens is 3. The summed E-state index contributed by atoms with van der Waals surface area (Å²) in [5.41, 5.74) is 0. The number of fused-ring (bicyclic) bond motifs is 1. The summed E-state index contributed by atoms with van der Waals surface area (Å²) in [6.07, 6.45) is 6.19. The fourth-order valence-electron chi connectivity index (χ4n) is 3.46. The molecule has 1 atom stereocenters. The molecule has 0 aromatic carbocycles. The Morgan fingerprint density at radius 3 is 2.63 bits per heavy atom. The molecule has 3 rings (SSSR count). The summed E-state index contributed by atoms with van der Waals surface area (Å²) in [6.45, 7) is 9.44. The monoisotopic (exact) mass is 262 g/mol. The molecule has 0 radical (unpaired) electrons. The third-order valence-corrected chi connectivity index (χ3v) is 4.91. The quantitative estimate of drug-likeness (QED) is 0.837. The smallest absolute Gasteiger partial charge is 0.133 e. The van der Waals surface area contributed by atoms with Crippen molar-refractivity contribution < 1.29 is 0 Å². The predicted molar refractivity (Wildman–Crippen MR) is 76.0 cm³/mol. The lowest BCUT2D eigenvalue weighted by Crippen LogP contribution is -2.34. The Kier molecular flexibility index (Phi) is 3.87. The Morgan fingerprint density at radius 1 is 1.11 bits per heavy atom. The van der Waals surface area contributed by atoms with Gasteiger partial charge in [-0.25, -0.2) is 0 Å². The lowest BCUT2D eigenvalue weighted by Gasteiger charge is -2.31. The van der Waals surface area contributed by atoms with E-state index in [1.807, 2.05) is 0 Å². The third kappa shape index (κ3) is 2.83. The highest BCUT2D eigenvalue weighted by Gasteiger charge is 2.24. The van der Waals surface area contributed by atoms with Gasteiger partial charge in [-0.05, 0) is 50.7 Å². The molecular formula is C15H26N4. The second kappa shape index (κ2) is 5.61. The van der Waals surface area contributed by atoms with Gasteiger partial charge in [0.1, 0.15) is 11.6 Å². The maximum Gasteiger partial charge on any atom is 0.133 e. The molecule has 1 aromatic heterocycles. The molecule has 2 aliphatic heterocycles. The van der Waals surface area contributed by atoms with Crippen molar-refractivity contribution in [1.82, 2.24) is 19.7 Å². The zero-order valence-corrected chi connectivity index (χ0v) is 12.3. The molecule has 4 heteroatoms. The van der Waals surface area contributed by atoms with E-state index >= 15 is 0 Å². The van der Waals surface area contributed by atoms with Gasteiger partial charge >= 0.3 is 0 Å². The van der Waals surface area contributed by atoms with Crippen molar-refractivity contribution in [1.29, 1.82) is 0 Å². The SMILES string of the molecule is CCN1CCC(Cc2nnc3n2CCC(C)C3)CC1. The average molecular weight is 262 g/mol. The van der Waals surface area contributed by atoms with Gasteiger partial charge in [-0.1, -0.05) is 13.8 Å². The van der Waals surface area contributed by atoms with Crippen LogP contribution < -0.4 is 0 Å². The van der Waals surface area contributed by atoms with Crippen molar-refractivity contribution in [2.45, 2.75) is 52.5 Å². The fraction of sp³-hybridized carbons (Fsp3) is 0.867. The molecule has 1 aromatic rings. The van der Waals surface area contributed by atoms with Crippen molar-refractivity contribution in [3.05, 3.63) is 11.6 Å². The van der Waals surface area contributed by atoms with Crippen LogP contribution in [0.15, 0.2) is 0 Å². The lowest BCUT2D eigenvalue weighted by molar-refractivity contribution is 0.190. The Morgan fingerprint density at radius 2 is 1.89 bits per heavy atom. The van der Waals surface area contributed by atoms with Crippen LogP contribution >= 0.6 is 0 Å². The van der Waals surface area contributed by atoms with Crippen molar-refractivity contribution in [3.8, 4) is 0 Å². The summed E-state index contributed by atoms with van der Waals surface area (Å²) in [4.78, 5) is 2.55. The number of nitrogens with zero attached hydrogens (tertiary/aromatic N) is 4. The van der Waals surface area contributed by atoms with Crippen molar-refractivity contribution in [3.63, 3.8) is 0 Å². The normalized spacial score (nSPS) is 25.5. The van der Waals surface area contributed by atoms with E-state index in [1.54, 1.807) is 0 Å². The van der Waals surface area contributed by atoms with Crippen LogP contribution in [0.25, 0.3) is 0 Å². The van der Waals surface area contributed by atoms with Crippen LogP contribution in [0, 0.1) is 11.8 Å². The van der Waals surface area contributed by atoms with Crippen LogP contribution in [0.4, 0.5) is 0 Å². The van der Waals surface area contributed by atoms with Gasteiger partial charge < -0.3 is 9.47 Å². The van der Waals surface area contributed by atoms with Gasteiger partial charge in [0.15, 0.2) is 0 Å². The predicted octanol–water partition coefficient (Wildman–Crippen LogP) is 2.13. The van der Waals surface area contributed by atoms with E-state index in [4.69, 9.17) is 0 Å². The van der Waals surface area contributed by atoms with Crippen LogP contribution in [-0.4, -0.2) is 39.3 Å². The van der Waals surface area contributed by atoms with Crippen molar-refractivity contribution in [2.75, 3.05) is 19.6 Å². The lowest BCUT2D eigenvalue weighted by atomic mass is 9.93. The van der Waals surface area contributed by atoms with Crippen LogP contribution in [0.1, 0.15) is 44.8 Å². The highest BCUT2D eigenvalue weighted by atomic mass is 15.3. The van der Waals surface area contributed by atoms with Crippen molar-refractivity contribution in [2.24, 2.45) is 11.8 Å². The highest BCUT2D eigenvalue weighted by molar-refractivity contribution is 5.01. The molecule has 4 nitrogen and oxygen atoms in total. The minimum atomic E-state index is 0.775. The maximum atomic E-state index is 4.46. The van der Waals surface area contributed by atoms with Crippen LogP contribution in [0.2, 0.25) is 0 Å². The summed E-state index contributed by atoms with van der Waals surface area (Å²) in [7, 11) is 0. The molecule has 0 spiro atoms. The third-order valence-electron chi connectivity index (χ3n) is 4.91. The van der Waals surface area contributed by atoms with Crippen LogP contribution in [0.3, 0.4) is 0 Å². The molecule has 0 saturated carbocycles. The van der Waals surface area contributed by atoms with Crippen LogP contribution in [0.5, 0.6) is 0 Å². The van der Waals surface area contributed by atoms with E-state index in [0.29, 0.717) is 0 Å².